The van der Waals surface area contributed by atoms with Crippen molar-refractivity contribution < 1.29 is 14.3 Å². The first-order valence-electron chi connectivity index (χ1n) is 16.3. The molecule has 230 valence electrons. The van der Waals surface area contributed by atoms with Crippen molar-refractivity contribution in [2.24, 2.45) is 5.92 Å². The lowest BCUT2D eigenvalue weighted by Gasteiger charge is -2.35. The molecular weight excluding hydrogens is 556 g/mol. The van der Waals surface area contributed by atoms with Gasteiger partial charge in [0.2, 0.25) is 11.8 Å². The fourth-order valence-corrected chi connectivity index (χ4v) is 9.33. The highest BCUT2D eigenvalue weighted by Gasteiger charge is 2.47. The molecule has 7 nitrogen and oxygen atoms in total. The van der Waals surface area contributed by atoms with Crippen LogP contribution < -0.4 is 0 Å². The van der Waals surface area contributed by atoms with Gasteiger partial charge in [-0.1, -0.05) is 17.2 Å². The van der Waals surface area contributed by atoms with Gasteiger partial charge in [0.25, 0.3) is 0 Å². The van der Waals surface area contributed by atoms with E-state index in [0.717, 1.165) is 81.0 Å². The number of aromatic amines is 1. The Morgan fingerprint density at radius 3 is 2.16 bits per heavy atom. The first-order valence-corrected chi connectivity index (χ1v) is 17.2. The number of nitrogens with one attached hydrogen (secondary N) is 1. The van der Waals surface area contributed by atoms with Gasteiger partial charge in [-0.05, 0) is 103 Å². The topological polar surface area (TPSA) is 68.9 Å². The highest BCUT2D eigenvalue weighted by atomic mass is 32.1. The normalized spacial score (nSPS) is 23.5. The Labute approximate surface area is 259 Å². The summed E-state index contributed by atoms with van der Waals surface area (Å²) in [5, 5.41) is 1.24. The van der Waals surface area contributed by atoms with Crippen molar-refractivity contribution in [2.75, 3.05) is 39.4 Å². The monoisotopic (exact) mass is 602 g/mol. The number of H-pyrrole nitrogens is 1. The Kier molecular flexibility index (Phi) is 7.67. The maximum atomic E-state index is 14.0. The Balaban J connectivity index is 1.16. The zero-order chi connectivity index (χ0) is 29.9. The highest BCUT2D eigenvalue weighted by molar-refractivity contribution is 7.19. The van der Waals surface area contributed by atoms with Gasteiger partial charge in [-0.2, -0.15) is 0 Å². The van der Waals surface area contributed by atoms with E-state index in [1.54, 1.807) is 11.3 Å². The van der Waals surface area contributed by atoms with Gasteiger partial charge >= 0.3 is 0 Å². The van der Waals surface area contributed by atoms with E-state index in [9.17, 15) is 9.59 Å². The summed E-state index contributed by atoms with van der Waals surface area (Å²) in [6.45, 7) is 14.0. The van der Waals surface area contributed by atoms with E-state index in [1.807, 2.05) is 4.90 Å². The minimum Gasteiger partial charge on any atom is -0.378 e. The summed E-state index contributed by atoms with van der Waals surface area (Å²) in [6.07, 6.45) is 6.45. The van der Waals surface area contributed by atoms with Crippen molar-refractivity contribution in [1.82, 2.24) is 19.7 Å². The molecule has 4 aliphatic rings. The number of morpholine rings is 1. The first-order chi connectivity index (χ1) is 20.7. The van der Waals surface area contributed by atoms with E-state index in [-0.39, 0.29) is 5.92 Å². The molecule has 2 aromatic heterocycles. The number of piperidine rings is 1. The van der Waals surface area contributed by atoms with Gasteiger partial charge in [0.1, 0.15) is 4.83 Å². The van der Waals surface area contributed by atoms with E-state index in [1.165, 1.54) is 33.3 Å². The number of fused-ring (bicyclic) bond motifs is 3. The van der Waals surface area contributed by atoms with Crippen molar-refractivity contribution in [1.29, 1.82) is 0 Å². The molecule has 1 aromatic carbocycles. The van der Waals surface area contributed by atoms with Crippen LogP contribution in [0.2, 0.25) is 0 Å². The molecular formula is C35H46N4O3S. The summed E-state index contributed by atoms with van der Waals surface area (Å²) in [6, 6.07) is 9.95. The number of hydrogen-bond donors (Lipinski definition) is 1. The lowest BCUT2D eigenvalue weighted by atomic mass is 9.88. The second kappa shape index (κ2) is 11.4. The number of aromatic nitrogens is 1. The fraction of sp³-hybridized carbons (Fsp3) is 0.600. The molecule has 2 amide bonds. The largest absolute Gasteiger partial charge is 0.378 e. The second-order valence-corrected chi connectivity index (χ2v) is 15.0. The number of carbonyl (C=O) groups excluding carboxylic acids is 2. The van der Waals surface area contributed by atoms with Crippen LogP contribution in [0.15, 0.2) is 24.3 Å². The predicted octanol–water partition coefficient (Wildman–Crippen LogP) is 6.02. The molecule has 8 heteroatoms. The second-order valence-electron chi connectivity index (χ2n) is 14.0. The maximum absolute atomic E-state index is 14.0. The van der Waals surface area contributed by atoms with Gasteiger partial charge in [-0.3, -0.25) is 14.5 Å². The number of carbonyl (C=O) groups is 2. The molecule has 4 saturated heterocycles. The average molecular weight is 603 g/mol. The number of amides is 2. The van der Waals surface area contributed by atoms with Crippen LogP contribution in [0.4, 0.5) is 0 Å². The van der Waals surface area contributed by atoms with E-state index in [2.05, 4.69) is 66.7 Å². The van der Waals surface area contributed by atoms with Crippen LogP contribution in [-0.4, -0.2) is 83.0 Å². The minimum absolute atomic E-state index is 0.111. The van der Waals surface area contributed by atoms with E-state index in [4.69, 9.17) is 4.74 Å². The standard InChI is InChI=1S/C35H46N4O3S/c1-22-17-23(2)19-25(18-22)31-29(21-37-11-9-24(10-12-37)33(40)38-13-15-42-16-14-38)28-20-30(43-32(28)36-31)35(3,4)34(41)39-26-5-6-27(39)8-7-26/h17-20,24,26-27,36H,5-16,21H2,1-4H3. The number of benzene rings is 1. The van der Waals surface area contributed by atoms with Crippen LogP contribution in [0.3, 0.4) is 0 Å². The number of hydrogen-bond acceptors (Lipinski definition) is 5. The lowest BCUT2D eigenvalue weighted by molar-refractivity contribution is -0.141. The van der Waals surface area contributed by atoms with Gasteiger partial charge in [-0.15, -0.1) is 11.3 Å². The third-order valence-corrected chi connectivity index (χ3v) is 12.0. The zero-order valence-corrected chi connectivity index (χ0v) is 27.0. The van der Waals surface area contributed by atoms with Crippen molar-refractivity contribution in [2.45, 2.75) is 90.3 Å². The van der Waals surface area contributed by atoms with Crippen LogP contribution in [-0.2, 0) is 26.3 Å². The maximum Gasteiger partial charge on any atom is 0.233 e. The molecule has 0 aliphatic carbocycles. The molecule has 4 fully saturated rings. The zero-order valence-electron chi connectivity index (χ0n) is 26.2. The van der Waals surface area contributed by atoms with Gasteiger partial charge in [0.15, 0.2) is 0 Å². The summed E-state index contributed by atoms with van der Waals surface area (Å²) in [5.74, 6) is 0.716. The molecule has 1 N–H and O–H groups in total. The van der Waals surface area contributed by atoms with Crippen LogP contribution in [0, 0.1) is 19.8 Å². The summed E-state index contributed by atoms with van der Waals surface area (Å²) in [5.41, 5.74) is 5.69. The summed E-state index contributed by atoms with van der Waals surface area (Å²) in [7, 11) is 0. The Bertz CT molecular complexity index is 1480. The average Bonchev–Trinajstić information content (AvgIpc) is 3.78. The molecule has 0 unspecified atom stereocenters. The molecule has 0 spiro atoms. The van der Waals surface area contributed by atoms with Gasteiger partial charge < -0.3 is 19.5 Å². The van der Waals surface area contributed by atoms with E-state index >= 15 is 0 Å². The first kappa shape index (κ1) is 29.1. The van der Waals surface area contributed by atoms with E-state index in [0.29, 0.717) is 37.1 Å². The number of thiophene rings is 1. The number of ether oxygens (including phenoxy) is 1. The SMILES string of the molecule is Cc1cc(C)cc(-c2[nH]c3sc(C(C)(C)C(=O)N4C5CCC4CC5)cc3c2CN2CCC(C(=O)N3CCOCC3)CC2)c1. The van der Waals surface area contributed by atoms with Gasteiger partial charge in [0, 0.05) is 53.5 Å². The quantitative estimate of drug-likeness (QED) is 0.375. The Morgan fingerprint density at radius 1 is 0.907 bits per heavy atom. The van der Waals surface area contributed by atoms with E-state index < -0.39 is 5.41 Å². The summed E-state index contributed by atoms with van der Waals surface area (Å²) >= 11 is 1.75. The highest BCUT2D eigenvalue weighted by Crippen LogP contribution is 2.45. The number of aryl methyl sites for hydroxylation is 2. The molecule has 2 bridgehead atoms. The lowest BCUT2D eigenvalue weighted by Crippen LogP contribution is -2.46. The molecule has 0 saturated carbocycles. The Morgan fingerprint density at radius 2 is 1.53 bits per heavy atom. The van der Waals surface area contributed by atoms with Crippen LogP contribution in [0.1, 0.15) is 73.9 Å². The molecule has 0 atom stereocenters. The summed E-state index contributed by atoms with van der Waals surface area (Å²) in [4.78, 5) is 40.0. The predicted molar refractivity (Wildman–Crippen MR) is 172 cm³/mol. The molecule has 7 rings (SSSR count). The van der Waals surface area contributed by atoms with Crippen molar-refractivity contribution in [3.63, 3.8) is 0 Å². The van der Waals surface area contributed by atoms with Crippen molar-refractivity contribution in [3.8, 4) is 11.3 Å². The van der Waals surface area contributed by atoms with Gasteiger partial charge in [0.05, 0.1) is 24.3 Å². The third-order valence-electron chi connectivity index (χ3n) is 10.6. The fourth-order valence-electron chi connectivity index (χ4n) is 8.15. The van der Waals surface area contributed by atoms with Gasteiger partial charge in [-0.25, -0.2) is 0 Å². The number of nitrogens with zero attached hydrogens (tertiary/aromatic N) is 3. The van der Waals surface area contributed by atoms with Crippen LogP contribution in [0.25, 0.3) is 21.5 Å². The summed E-state index contributed by atoms with van der Waals surface area (Å²) < 4.78 is 5.46. The molecule has 43 heavy (non-hydrogen) atoms. The number of rotatable bonds is 6. The molecule has 0 radical (unpaired) electrons. The van der Waals surface area contributed by atoms with Crippen molar-refractivity contribution >= 4 is 33.4 Å². The Hall–Kier alpha value is -2.68. The smallest absolute Gasteiger partial charge is 0.233 e. The molecule has 3 aromatic rings. The number of likely N-dealkylation sites (tertiary alicyclic amines) is 1. The minimum atomic E-state index is -0.550. The van der Waals surface area contributed by atoms with Crippen LogP contribution in [0.5, 0.6) is 0 Å². The molecule has 4 aliphatic heterocycles. The van der Waals surface area contributed by atoms with Crippen LogP contribution >= 0.6 is 11.3 Å². The molecule has 6 heterocycles. The third kappa shape index (κ3) is 5.33. The van der Waals surface area contributed by atoms with Crippen molar-refractivity contribution in [3.05, 3.63) is 45.8 Å².